The highest BCUT2D eigenvalue weighted by molar-refractivity contribution is 7.98. The van der Waals surface area contributed by atoms with Gasteiger partial charge in [0.05, 0.1) is 6.07 Å². The lowest BCUT2D eigenvalue weighted by molar-refractivity contribution is 0.0979. The topological polar surface area (TPSA) is 40.9 Å². The number of carbonyl (C=O) groups is 1. The third kappa shape index (κ3) is 3.41. The van der Waals surface area contributed by atoms with Crippen LogP contribution in [0.3, 0.4) is 0 Å². The number of halogens is 2. The van der Waals surface area contributed by atoms with Gasteiger partial charge in [-0.05, 0) is 30.5 Å². The van der Waals surface area contributed by atoms with Crippen LogP contribution in [0.25, 0.3) is 0 Å². The van der Waals surface area contributed by atoms with Gasteiger partial charge < -0.3 is 0 Å². The van der Waals surface area contributed by atoms with Crippen molar-refractivity contribution in [2.24, 2.45) is 0 Å². The summed E-state index contributed by atoms with van der Waals surface area (Å²) in [4.78, 5) is 13.6. The summed E-state index contributed by atoms with van der Waals surface area (Å²) in [5.74, 6) is -1.31. The molecule has 0 saturated heterocycles. The second kappa shape index (κ2) is 7.00. The Kier molecular flexibility index (Phi) is 5.30. The van der Waals surface area contributed by atoms with Crippen molar-refractivity contribution in [3.63, 3.8) is 0 Å². The molecule has 0 aliphatic carbocycles. The lowest BCUT2D eigenvalue weighted by Gasteiger charge is -2.12. The van der Waals surface area contributed by atoms with Crippen molar-refractivity contribution in [3.05, 3.63) is 63.6 Å². The number of ketones is 1. The average Bonchev–Trinajstić information content (AvgIpc) is 2.50. The molecule has 5 heteroatoms. The largest absolute Gasteiger partial charge is 0.292 e. The van der Waals surface area contributed by atoms with Crippen molar-refractivity contribution in [3.8, 4) is 6.07 Å². The first-order chi connectivity index (χ1) is 10.1. The van der Waals surface area contributed by atoms with Gasteiger partial charge in [-0.3, -0.25) is 4.79 Å². The summed E-state index contributed by atoms with van der Waals surface area (Å²) in [6.45, 7) is 0. The van der Waals surface area contributed by atoms with Crippen LogP contribution in [-0.2, 0) is 0 Å². The molecule has 0 aliphatic rings. The highest BCUT2D eigenvalue weighted by Gasteiger charge is 2.26. The van der Waals surface area contributed by atoms with Gasteiger partial charge in [-0.1, -0.05) is 41.4 Å². The molecule has 2 rings (SSSR count). The van der Waals surface area contributed by atoms with Gasteiger partial charge in [-0.15, -0.1) is 11.8 Å². The van der Waals surface area contributed by atoms with Gasteiger partial charge in [0.25, 0.3) is 0 Å². The highest BCUT2D eigenvalue weighted by atomic mass is 35.5. The fourth-order valence-corrected chi connectivity index (χ4v) is 2.99. The van der Waals surface area contributed by atoms with E-state index in [2.05, 4.69) is 0 Å². The summed E-state index contributed by atoms with van der Waals surface area (Å²) in [6, 6.07) is 14.0. The molecule has 0 spiro atoms. The Hall–Kier alpha value is -1.47. The Labute approximate surface area is 137 Å². The first-order valence-corrected chi connectivity index (χ1v) is 8.08. The van der Waals surface area contributed by atoms with Gasteiger partial charge in [-0.25, -0.2) is 0 Å². The number of thioether (sulfide) groups is 1. The second-order valence-corrected chi connectivity index (χ2v) is 5.98. The minimum absolute atomic E-state index is 0.305. The fraction of sp³-hybridized carbons (Fsp3) is 0.125. The second-order valence-electron chi connectivity index (χ2n) is 4.29. The maximum absolute atomic E-state index is 12.5. The molecule has 0 N–H and O–H groups in total. The SMILES string of the molecule is CSc1ccc(C(=O)C(C#N)c2c(Cl)cccc2Cl)cc1. The molecule has 2 aromatic rings. The molecule has 2 aromatic carbocycles. The van der Waals surface area contributed by atoms with Crippen LogP contribution in [0.1, 0.15) is 21.8 Å². The number of Topliss-reactive ketones (excluding diaryl/α,β-unsaturated/α-hetero) is 1. The molecule has 0 fully saturated rings. The molecule has 0 radical (unpaired) electrons. The van der Waals surface area contributed by atoms with E-state index in [0.717, 1.165) is 4.90 Å². The van der Waals surface area contributed by atoms with E-state index in [4.69, 9.17) is 23.2 Å². The van der Waals surface area contributed by atoms with Crippen molar-refractivity contribution in [1.82, 2.24) is 0 Å². The van der Waals surface area contributed by atoms with Crippen molar-refractivity contribution in [2.45, 2.75) is 10.8 Å². The molecule has 1 unspecified atom stereocenters. The maximum atomic E-state index is 12.5. The van der Waals surface area contributed by atoms with Crippen LogP contribution in [0.4, 0.5) is 0 Å². The third-order valence-electron chi connectivity index (χ3n) is 3.05. The fourth-order valence-electron chi connectivity index (χ4n) is 1.96. The first kappa shape index (κ1) is 15.9. The monoisotopic (exact) mass is 335 g/mol. The summed E-state index contributed by atoms with van der Waals surface area (Å²) in [5, 5.41) is 10.0. The maximum Gasteiger partial charge on any atom is 0.184 e. The molecule has 0 heterocycles. The van der Waals surface area contributed by atoms with Crippen LogP contribution < -0.4 is 0 Å². The molecule has 106 valence electrons. The Morgan fingerprint density at radius 2 is 1.71 bits per heavy atom. The van der Waals surface area contributed by atoms with E-state index in [9.17, 15) is 10.1 Å². The molecular formula is C16H11Cl2NOS. The summed E-state index contributed by atoms with van der Waals surface area (Å²) in [6.07, 6.45) is 1.96. The summed E-state index contributed by atoms with van der Waals surface area (Å²) < 4.78 is 0. The summed E-state index contributed by atoms with van der Waals surface area (Å²) in [5.41, 5.74) is 0.831. The van der Waals surface area contributed by atoms with Crippen LogP contribution in [0.2, 0.25) is 10.0 Å². The number of nitrogens with zero attached hydrogens (tertiary/aromatic N) is 1. The van der Waals surface area contributed by atoms with Crippen LogP contribution in [-0.4, -0.2) is 12.0 Å². The lowest BCUT2D eigenvalue weighted by Crippen LogP contribution is -2.12. The van der Waals surface area contributed by atoms with Gasteiger partial charge >= 0.3 is 0 Å². The average molecular weight is 336 g/mol. The number of carbonyl (C=O) groups excluding carboxylic acids is 1. The van der Waals surface area contributed by atoms with E-state index in [0.29, 0.717) is 21.2 Å². The normalized spacial score (nSPS) is 11.7. The van der Waals surface area contributed by atoms with E-state index in [1.54, 1.807) is 42.1 Å². The Balaban J connectivity index is 2.41. The van der Waals surface area contributed by atoms with Gasteiger partial charge in [-0.2, -0.15) is 5.26 Å². The van der Waals surface area contributed by atoms with Crippen LogP contribution in [0, 0.1) is 11.3 Å². The highest BCUT2D eigenvalue weighted by Crippen LogP contribution is 2.33. The van der Waals surface area contributed by atoms with Crippen molar-refractivity contribution >= 4 is 40.7 Å². The van der Waals surface area contributed by atoms with E-state index >= 15 is 0 Å². The van der Waals surface area contributed by atoms with Gasteiger partial charge in [0, 0.05) is 26.1 Å². The lowest BCUT2D eigenvalue weighted by atomic mass is 9.92. The number of hydrogen-bond acceptors (Lipinski definition) is 3. The zero-order chi connectivity index (χ0) is 15.4. The van der Waals surface area contributed by atoms with Gasteiger partial charge in [0.1, 0.15) is 5.92 Å². The van der Waals surface area contributed by atoms with E-state index in [1.165, 1.54) is 0 Å². The molecule has 0 amide bonds. The standard InChI is InChI=1S/C16H11Cl2NOS/c1-21-11-7-5-10(6-8-11)16(20)12(9-19)15-13(17)3-2-4-14(15)18/h2-8,12H,1H3. The zero-order valence-electron chi connectivity index (χ0n) is 11.1. The predicted octanol–water partition coefficient (Wildman–Crippen LogP) is 5.21. The van der Waals surface area contributed by atoms with Crippen molar-refractivity contribution in [2.75, 3.05) is 6.26 Å². The zero-order valence-corrected chi connectivity index (χ0v) is 13.5. The molecule has 0 aliphatic heterocycles. The number of benzene rings is 2. The number of hydrogen-bond donors (Lipinski definition) is 0. The quantitative estimate of drug-likeness (QED) is 0.569. The van der Waals surface area contributed by atoms with Crippen molar-refractivity contribution in [1.29, 1.82) is 5.26 Å². The van der Waals surface area contributed by atoms with Crippen LogP contribution >= 0.6 is 35.0 Å². The molecule has 0 aromatic heterocycles. The van der Waals surface area contributed by atoms with Crippen LogP contribution in [0.5, 0.6) is 0 Å². The Morgan fingerprint density at radius 3 is 2.19 bits per heavy atom. The Bertz CT molecular complexity index is 687. The summed E-state index contributed by atoms with van der Waals surface area (Å²) >= 11 is 13.8. The molecule has 1 atom stereocenters. The molecule has 21 heavy (non-hydrogen) atoms. The van der Waals surface area contributed by atoms with E-state index < -0.39 is 5.92 Å². The van der Waals surface area contributed by atoms with Gasteiger partial charge in [0.15, 0.2) is 5.78 Å². The molecule has 0 saturated carbocycles. The molecule has 2 nitrogen and oxygen atoms in total. The van der Waals surface area contributed by atoms with Crippen LogP contribution in [0.15, 0.2) is 47.4 Å². The van der Waals surface area contributed by atoms with Crippen molar-refractivity contribution < 1.29 is 4.79 Å². The van der Waals surface area contributed by atoms with E-state index in [1.807, 2.05) is 24.5 Å². The molecular weight excluding hydrogens is 325 g/mol. The third-order valence-corrected chi connectivity index (χ3v) is 4.46. The minimum atomic E-state index is -1.01. The number of nitriles is 1. The van der Waals surface area contributed by atoms with Gasteiger partial charge in [0.2, 0.25) is 0 Å². The predicted molar refractivity (Wildman–Crippen MR) is 87.4 cm³/mol. The first-order valence-electron chi connectivity index (χ1n) is 6.10. The molecule has 0 bridgehead atoms. The Morgan fingerprint density at radius 1 is 1.14 bits per heavy atom. The summed E-state index contributed by atoms with van der Waals surface area (Å²) in [7, 11) is 0. The number of rotatable bonds is 4. The minimum Gasteiger partial charge on any atom is -0.292 e. The van der Waals surface area contributed by atoms with E-state index in [-0.39, 0.29) is 5.78 Å². The smallest absolute Gasteiger partial charge is 0.184 e.